The molecule has 0 bridgehead atoms. The highest BCUT2D eigenvalue weighted by molar-refractivity contribution is 5.67. The lowest BCUT2D eigenvalue weighted by Gasteiger charge is -2.28. The first-order valence-electron chi connectivity index (χ1n) is 7.44. The first-order chi connectivity index (χ1) is 9.68. The number of carbonyl (C=O) groups is 1. The summed E-state index contributed by atoms with van der Waals surface area (Å²) in [5, 5.41) is 6.26. The molecule has 0 fully saturated rings. The van der Waals surface area contributed by atoms with Crippen molar-refractivity contribution in [2.24, 2.45) is 0 Å². The molecule has 0 spiro atoms. The molecule has 0 aliphatic heterocycles. The van der Waals surface area contributed by atoms with Crippen molar-refractivity contribution < 1.29 is 9.53 Å². The third-order valence-electron chi connectivity index (χ3n) is 2.93. The SMILES string of the molecule is CC(C)(CNC(=O)OC(C)(C)C)NCCc1ccccc1. The van der Waals surface area contributed by atoms with Crippen molar-refractivity contribution in [1.29, 1.82) is 0 Å². The van der Waals surface area contributed by atoms with Crippen molar-refractivity contribution in [3.8, 4) is 0 Å². The number of rotatable bonds is 6. The van der Waals surface area contributed by atoms with Gasteiger partial charge in [0, 0.05) is 12.1 Å². The molecule has 0 aliphatic carbocycles. The largest absolute Gasteiger partial charge is 0.444 e. The van der Waals surface area contributed by atoms with Gasteiger partial charge in [-0.15, -0.1) is 0 Å². The third-order valence-corrected chi connectivity index (χ3v) is 2.93. The van der Waals surface area contributed by atoms with Gasteiger partial charge in [0.05, 0.1) is 0 Å². The zero-order valence-electron chi connectivity index (χ0n) is 13.8. The van der Waals surface area contributed by atoms with Crippen LogP contribution in [0.3, 0.4) is 0 Å². The van der Waals surface area contributed by atoms with E-state index in [4.69, 9.17) is 4.74 Å². The number of benzene rings is 1. The van der Waals surface area contributed by atoms with Crippen LogP contribution in [0, 0.1) is 0 Å². The van der Waals surface area contributed by atoms with Crippen LogP contribution < -0.4 is 10.6 Å². The minimum absolute atomic E-state index is 0.175. The van der Waals surface area contributed by atoms with Crippen molar-refractivity contribution >= 4 is 6.09 Å². The molecule has 1 aromatic carbocycles. The Morgan fingerprint density at radius 2 is 1.71 bits per heavy atom. The van der Waals surface area contributed by atoms with Crippen LogP contribution in [-0.4, -0.2) is 30.3 Å². The number of hydrogen-bond donors (Lipinski definition) is 2. The molecule has 0 radical (unpaired) electrons. The lowest BCUT2D eigenvalue weighted by molar-refractivity contribution is 0.0514. The van der Waals surface area contributed by atoms with Crippen molar-refractivity contribution in [2.45, 2.75) is 52.2 Å². The minimum atomic E-state index is -0.463. The fourth-order valence-electron chi connectivity index (χ4n) is 1.86. The average molecular weight is 292 g/mol. The summed E-state index contributed by atoms with van der Waals surface area (Å²) in [6.45, 7) is 11.1. The summed E-state index contributed by atoms with van der Waals surface area (Å²) in [7, 11) is 0. The zero-order chi connectivity index (χ0) is 15.9. The maximum absolute atomic E-state index is 11.6. The Labute approximate surface area is 128 Å². The standard InChI is InChI=1S/C17H28N2O2/c1-16(2,3)21-15(20)18-13-17(4,5)19-12-11-14-9-7-6-8-10-14/h6-10,19H,11-13H2,1-5H3,(H,18,20). The van der Waals surface area contributed by atoms with Gasteiger partial charge in [-0.25, -0.2) is 4.79 Å². The van der Waals surface area contributed by atoms with E-state index in [2.05, 4.69) is 36.6 Å². The van der Waals surface area contributed by atoms with Crippen LogP contribution in [0.15, 0.2) is 30.3 Å². The van der Waals surface area contributed by atoms with Gasteiger partial charge in [-0.1, -0.05) is 30.3 Å². The molecule has 0 saturated carbocycles. The second-order valence-corrected chi connectivity index (χ2v) is 6.90. The Kier molecular flexibility index (Phi) is 6.21. The van der Waals surface area contributed by atoms with Gasteiger partial charge in [0.1, 0.15) is 5.60 Å². The molecular formula is C17H28N2O2. The summed E-state index contributed by atoms with van der Waals surface area (Å²) in [6.07, 6.45) is 0.594. The summed E-state index contributed by atoms with van der Waals surface area (Å²) in [4.78, 5) is 11.6. The second kappa shape index (κ2) is 7.46. The summed E-state index contributed by atoms with van der Waals surface area (Å²) >= 11 is 0. The normalized spacial score (nSPS) is 12.0. The Balaban J connectivity index is 2.28. The fourth-order valence-corrected chi connectivity index (χ4v) is 1.86. The molecule has 21 heavy (non-hydrogen) atoms. The summed E-state index contributed by atoms with van der Waals surface area (Å²) in [5.74, 6) is 0. The zero-order valence-corrected chi connectivity index (χ0v) is 13.8. The van der Waals surface area contributed by atoms with E-state index >= 15 is 0 Å². The molecule has 2 N–H and O–H groups in total. The van der Waals surface area contributed by atoms with E-state index in [0.29, 0.717) is 6.54 Å². The van der Waals surface area contributed by atoms with Crippen LogP contribution >= 0.6 is 0 Å². The molecule has 1 aromatic rings. The summed E-state index contributed by atoms with van der Waals surface area (Å²) < 4.78 is 5.23. The van der Waals surface area contributed by atoms with Crippen molar-refractivity contribution in [2.75, 3.05) is 13.1 Å². The van der Waals surface area contributed by atoms with Gasteiger partial charge in [-0.2, -0.15) is 0 Å². The maximum atomic E-state index is 11.6. The third kappa shape index (κ3) is 8.35. The molecule has 0 saturated heterocycles. The predicted octanol–water partition coefficient (Wildman–Crippen LogP) is 3.12. The highest BCUT2D eigenvalue weighted by Gasteiger charge is 2.20. The Hall–Kier alpha value is -1.55. The van der Waals surface area contributed by atoms with E-state index in [1.54, 1.807) is 0 Å². The van der Waals surface area contributed by atoms with E-state index in [-0.39, 0.29) is 11.6 Å². The molecule has 4 nitrogen and oxygen atoms in total. The number of carbonyl (C=O) groups excluding carboxylic acids is 1. The van der Waals surface area contributed by atoms with Gasteiger partial charge >= 0.3 is 6.09 Å². The molecular weight excluding hydrogens is 264 g/mol. The lowest BCUT2D eigenvalue weighted by atomic mass is 10.0. The Morgan fingerprint density at radius 3 is 2.29 bits per heavy atom. The first kappa shape index (κ1) is 17.5. The molecule has 0 aliphatic rings. The number of hydrogen-bond acceptors (Lipinski definition) is 3. The monoisotopic (exact) mass is 292 g/mol. The van der Waals surface area contributed by atoms with E-state index in [0.717, 1.165) is 13.0 Å². The molecule has 4 heteroatoms. The maximum Gasteiger partial charge on any atom is 0.407 e. The Morgan fingerprint density at radius 1 is 1.10 bits per heavy atom. The van der Waals surface area contributed by atoms with E-state index in [1.165, 1.54) is 5.56 Å². The number of alkyl carbamates (subject to hydrolysis) is 1. The van der Waals surface area contributed by atoms with Gasteiger partial charge in [-0.05, 0) is 53.1 Å². The summed E-state index contributed by atoms with van der Waals surface area (Å²) in [6, 6.07) is 10.3. The molecule has 1 amide bonds. The first-order valence-corrected chi connectivity index (χ1v) is 7.44. The van der Waals surface area contributed by atoms with Crippen LogP contribution in [0.2, 0.25) is 0 Å². The minimum Gasteiger partial charge on any atom is -0.444 e. The highest BCUT2D eigenvalue weighted by atomic mass is 16.6. The smallest absolute Gasteiger partial charge is 0.407 e. The van der Waals surface area contributed by atoms with Gasteiger partial charge in [0.15, 0.2) is 0 Å². The van der Waals surface area contributed by atoms with E-state index < -0.39 is 5.60 Å². The molecule has 0 atom stereocenters. The summed E-state index contributed by atoms with van der Waals surface area (Å²) in [5.41, 5.74) is 0.668. The molecule has 1 rings (SSSR count). The Bertz CT molecular complexity index is 436. The predicted molar refractivity (Wildman–Crippen MR) is 86.5 cm³/mol. The van der Waals surface area contributed by atoms with Crippen molar-refractivity contribution in [3.05, 3.63) is 35.9 Å². The lowest BCUT2D eigenvalue weighted by Crippen LogP contribution is -2.50. The molecule has 0 heterocycles. The van der Waals surface area contributed by atoms with Crippen LogP contribution in [-0.2, 0) is 11.2 Å². The number of nitrogens with one attached hydrogen (secondary N) is 2. The quantitative estimate of drug-likeness (QED) is 0.847. The topological polar surface area (TPSA) is 50.4 Å². The second-order valence-electron chi connectivity index (χ2n) is 6.90. The fraction of sp³-hybridized carbons (Fsp3) is 0.588. The van der Waals surface area contributed by atoms with Gasteiger partial charge in [0.2, 0.25) is 0 Å². The van der Waals surface area contributed by atoms with Gasteiger partial charge in [0.25, 0.3) is 0 Å². The van der Waals surface area contributed by atoms with E-state index in [1.807, 2.05) is 39.0 Å². The van der Waals surface area contributed by atoms with Crippen molar-refractivity contribution in [3.63, 3.8) is 0 Å². The van der Waals surface area contributed by atoms with Gasteiger partial charge in [-0.3, -0.25) is 0 Å². The van der Waals surface area contributed by atoms with Crippen LogP contribution in [0.1, 0.15) is 40.2 Å². The van der Waals surface area contributed by atoms with Crippen LogP contribution in [0.5, 0.6) is 0 Å². The van der Waals surface area contributed by atoms with Gasteiger partial charge < -0.3 is 15.4 Å². The number of ether oxygens (including phenoxy) is 1. The number of amides is 1. The van der Waals surface area contributed by atoms with Crippen LogP contribution in [0.25, 0.3) is 0 Å². The molecule has 118 valence electrons. The molecule has 0 unspecified atom stereocenters. The highest BCUT2D eigenvalue weighted by Crippen LogP contribution is 2.07. The molecule has 0 aromatic heterocycles. The average Bonchev–Trinajstić information content (AvgIpc) is 2.36. The van der Waals surface area contributed by atoms with Crippen LogP contribution in [0.4, 0.5) is 4.79 Å². The van der Waals surface area contributed by atoms with Crippen molar-refractivity contribution in [1.82, 2.24) is 10.6 Å². The van der Waals surface area contributed by atoms with E-state index in [9.17, 15) is 4.79 Å².